The molecule has 5 nitrogen and oxygen atoms in total. The highest BCUT2D eigenvalue weighted by molar-refractivity contribution is 5.89. The van der Waals surface area contributed by atoms with Crippen molar-refractivity contribution in [2.45, 2.75) is 26.3 Å². The second kappa shape index (κ2) is 5.95. The van der Waals surface area contributed by atoms with E-state index in [2.05, 4.69) is 10.3 Å². The molecule has 0 radical (unpaired) electrons. The molecule has 3 N–H and O–H groups in total. The predicted molar refractivity (Wildman–Crippen MR) is 76.4 cm³/mol. The highest BCUT2D eigenvalue weighted by Crippen LogP contribution is 2.19. The van der Waals surface area contributed by atoms with Crippen LogP contribution in [0.25, 0.3) is 10.9 Å². The second-order valence-corrected chi connectivity index (χ2v) is 5.16. The maximum Gasteiger partial charge on any atom is 0.308 e. The fourth-order valence-electron chi connectivity index (χ4n) is 2.12. The number of nitrogens with one attached hydrogen (secondary N) is 2. The Labute approximate surface area is 121 Å². The van der Waals surface area contributed by atoms with Crippen molar-refractivity contribution in [3.8, 4) is 0 Å². The molecule has 0 unspecified atom stereocenters. The third-order valence-electron chi connectivity index (χ3n) is 3.61. The van der Waals surface area contributed by atoms with Crippen LogP contribution in [0.1, 0.15) is 19.4 Å². The van der Waals surface area contributed by atoms with Crippen LogP contribution in [0.2, 0.25) is 0 Å². The number of carboxylic acids is 1. The number of benzene rings is 1. The van der Waals surface area contributed by atoms with Gasteiger partial charge in [-0.15, -0.1) is 0 Å². The van der Waals surface area contributed by atoms with E-state index in [4.69, 9.17) is 5.11 Å². The Hall–Kier alpha value is -2.37. The van der Waals surface area contributed by atoms with E-state index in [-0.39, 0.29) is 18.1 Å². The maximum absolute atomic E-state index is 13.1. The summed E-state index contributed by atoms with van der Waals surface area (Å²) in [6.07, 6.45) is 1.78. The van der Waals surface area contributed by atoms with Crippen LogP contribution in [0.5, 0.6) is 0 Å². The molecule has 0 aliphatic rings. The molecule has 2 atom stereocenters. The first-order chi connectivity index (χ1) is 9.88. The minimum Gasteiger partial charge on any atom is -0.481 e. The summed E-state index contributed by atoms with van der Waals surface area (Å²) < 4.78 is 13.1. The summed E-state index contributed by atoms with van der Waals surface area (Å²) in [5, 5.41) is 12.3. The quantitative estimate of drug-likeness (QED) is 0.789. The number of hydrogen-bond acceptors (Lipinski definition) is 2. The largest absolute Gasteiger partial charge is 0.481 e. The molecule has 1 amide bonds. The lowest BCUT2D eigenvalue weighted by Gasteiger charge is -2.17. The van der Waals surface area contributed by atoms with E-state index in [1.54, 1.807) is 26.1 Å². The van der Waals surface area contributed by atoms with Gasteiger partial charge in [-0.25, -0.2) is 4.39 Å². The maximum atomic E-state index is 13.1. The van der Waals surface area contributed by atoms with Crippen molar-refractivity contribution in [1.29, 1.82) is 0 Å². The van der Waals surface area contributed by atoms with E-state index in [0.29, 0.717) is 5.52 Å². The van der Waals surface area contributed by atoms with Gasteiger partial charge < -0.3 is 15.4 Å². The van der Waals surface area contributed by atoms with Crippen molar-refractivity contribution in [2.75, 3.05) is 0 Å². The summed E-state index contributed by atoms with van der Waals surface area (Å²) >= 11 is 0. The first-order valence-electron chi connectivity index (χ1n) is 6.66. The topological polar surface area (TPSA) is 82.2 Å². The van der Waals surface area contributed by atoms with Crippen LogP contribution in [-0.2, 0) is 16.0 Å². The number of H-pyrrole nitrogens is 1. The van der Waals surface area contributed by atoms with Crippen molar-refractivity contribution in [2.24, 2.45) is 5.92 Å². The summed E-state index contributed by atoms with van der Waals surface area (Å²) in [6.45, 7) is 3.20. The average Bonchev–Trinajstić information content (AvgIpc) is 2.79. The molecule has 1 aromatic carbocycles. The Morgan fingerprint density at radius 2 is 2.10 bits per heavy atom. The third kappa shape index (κ3) is 3.39. The lowest BCUT2D eigenvalue weighted by Crippen LogP contribution is -2.40. The Morgan fingerprint density at radius 1 is 1.38 bits per heavy atom. The Morgan fingerprint density at radius 3 is 2.76 bits per heavy atom. The van der Waals surface area contributed by atoms with Crippen LogP contribution in [0.4, 0.5) is 4.39 Å². The summed E-state index contributed by atoms with van der Waals surface area (Å²) in [7, 11) is 0. The summed E-state index contributed by atoms with van der Waals surface area (Å²) in [4.78, 5) is 25.7. The number of hydrogen-bond donors (Lipinski definition) is 3. The molecule has 0 spiro atoms. The van der Waals surface area contributed by atoms with Crippen molar-refractivity contribution < 1.29 is 19.1 Å². The zero-order valence-electron chi connectivity index (χ0n) is 11.8. The highest BCUT2D eigenvalue weighted by atomic mass is 19.1. The van der Waals surface area contributed by atoms with Gasteiger partial charge in [-0.1, -0.05) is 0 Å². The van der Waals surface area contributed by atoms with Gasteiger partial charge in [0.2, 0.25) is 5.91 Å². The second-order valence-electron chi connectivity index (χ2n) is 5.16. The number of fused-ring (bicyclic) bond motifs is 1. The molecule has 0 aliphatic carbocycles. The molecule has 0 saturated carbocycles. The molecule has 0 aliphatic heterocycles. The van der Waals surface area contributed by atoms with Crippen molar-refractivity contribution >= 4 is 22.8 Å². The molecule has 0 saturated heterocycles. The van der Waals surface area contributed by atoms with Crippen LogP contribution in [0, 0.1) is 11.7 Å². The molecule has 0 fully saturated rings. The number of carbonyl (C=O) groups excluding carboxylic acids is 1. The number of halogens is 1. The zero-order chi connectivity index (χ0) is 15.6. The van der Waals surface area contributed by atoms with Gasteiger partial charge in [0.05, 0.1) is 12.3 Å². The third-order valence-corrected chi connectivity index (χ3v) is 3.61. The van der Waals surface area contributed by atoms with Gasteiger partial charge in [0, 0.05) is 23.1 Å². The van der Waals surface area contributed by atoms with E-state index in [0.717, 1.165) is 10.9 Å². The van der Waals surface area contributed by atoms with Gasteiger partial charge in [-0.05, 0) is 37.6 Å². The monoisotopic (exact) mass is 292 g/mol. The smallest absolute Gasteiger partial charge is 0.308 e. The van der Waals surface area contributed by atoms with Crippen molar-refractivity contribution in [1.82, 2.24) is 10.3 Å². The molecule has 0 bridgehead atoms. The minimum absolute atomic E-state index is 0.113. The SMILES string of the molecule is C[C@@H](NC(=O)Cc1c[nH]c2cc(F)ccc12)[C@@H](C)C(=O)O. The molecule has 2 rings (SSSR count). The first-order valence-corrected chi connectivity index (χ1v) is 6.66. The van der Waals surface area contributed by atoms with Gasteiger partial charge in [-0.2, -0.15) is 0 Å². The molecule has 6 heteroatoms. The van der Waals surface area contributed by atoms with Crippen molar-refractivity contribution in [3.63, 3.8) is 0 Å². The Bertz CT molecular complexity index is 681. The summed E-state index contributed by atoms with van der Waals surface area (Å²) in [5.41, 5.74) is 1.38. The molecule has 2 aromatic rings. The van der Waals surface area contributed by atoms with Gasteiger partial charge >= 0.3 is 5.97 Å². The number of aliphatic carboxylic acids is 1. The lowest BCUT2D eigenvalue weighted by atomic mass is 10.0. The highest BCUT2D eigenvalue weighted by Gasteiger charge is 2.21. The fourth-order valence-corrected chi connectivity index (χ4v) is 2.12. The minimum atomic E-state index is -0.953. The van der Waals surface area contributed by atoms with Crippen LogP contribution in [0.3, 0.4) is 0 Å². The van der Waals surface area contributed by atoms with E-state index >= 15 is 0 Å². The standard InChI is InChI=1S/C15H17FN2O3/c1-8(15(20)21)9(2)18-14(19)5-10-7-17-13-6-11(16)3-4-12(10)13/h3-4,6-9,17H,5H2,1-2H3,(H,18,19)(H,20,21)/t8-,9-/m1/s1. The normalized spacial score (nSPS) is 13.9. The van der Waals surface area contributed by atoms with E-state index in [9.17, 15) is 14.0 Å². The van der Waals surface area contributed by atoms with Crippen LogP contribution >= 0.6 is 0 Å². The number of amides is 1. The van der Waals surface area contributed by atoms with Crippen LogP contribution < -0.4 is 5.32 Å². The fraction of sp³-hybridized carbons (Fsp3) is 0.333. The number of aromatic nitrogens is 1. The number of carbonyl (C=O) groups is 2. The predicted octanol–water partition coefficient (Wildman–Crippen LogP) is 2.07. The average molecular weight is 292 g/mol. The summed E-state index contributed by atoms with van der Waals surface area (Å²) in [6, 6.07) is 3.86. The van der Waals surface area contributed by atoms with Gasteiger partial charge in [0.25, 0.3) is 0 Å². The van der Waals surface area contributed by atoms with Gasteiger partial charge in [-0.3, -0.25) is 9.59 Å². The molecule has 1 heterocycles. The Kier molecular flexibility index (Phi) is 4.26. The van der Waals surface area contributed by atoms with Gasteiger partial charge in [0.1, 0.15) is 5.82 Å². The number of carboxylic acid groups (broad SMARTS) is 1. The van der Waals surface area contributed by atoms with E-state index in [1.165, 1.54) is 12.1 Å². The zero-order valence-corrected chi connectivity index (χ0v) is 11.8. The van der Waals surface area contributed by atoms with Crippen LogP contribution in [0.15, 0.2) is 24.4 Å². The first kappa shape index (κ1) is 15.0. The molecular formula is C15H17FN2O3. The van der Waals surface area contributed by atoms with E-state index < -0.39 is 17.9 Å². The summed E-state index contributed by atoms with van der Waals surface area (Å²) in [5.74, 6) is -2.22. The molecule has 21 heavy (non-hydrogen) atoms. The molecule has 112 valence electrons. The number of rotatable bonds is 5. The van der Waals surface area contributed by atoms with Crippen molar-refractivity contribution in [3.05, 3.63) is 35.8 Å². The molecular weight excluding hydrogens is 275 g/mol. The Balaban J connectivity index is 2.06. The molecule has 1 aromatic heterocycles. The number of aromatic amines is 1. The van der Waals surface area contributed by atoms with Gasteiger partial charge in [0.15, 0.2) is 0 Å². The van der Waals surface area contributed by atoms with E-state index in [1.807, 2.05) is 0 Å². The van der Waals surface area contributed by atoms with Crippen LogP contribution in [-0.4, -0.2) is 28.0 Å². The lowest BCUT2D eigenvalue weighted by molar-refractivity contribution is -0.142.